The fraction of sp³-hybridized carbons (Fsp3) is 1.00. The topological polar surface area (TPSA) is 27.7 Å². The molecule has 0 unspecified atom stereocenters. The normalized spacial score (nSPS) is 10.6. The van der Waals surface area contributed by atoms with Crippen LogP contribution in [0.15, 0.2) is 0 Å². The largest absolute Gasteiger partial charge is 0.378 e. The van der Waals surface area contributed by atoms with Crippen LogP contribution in [0.5, 0.6) is 0 Å². The van der Waals surface area contributed by atoms with Crippen molar-refractivity contribution in [3.8, 4) is 0 Å². The molecule has 0 aromatic rings. The Kier molecular flexibility index (Phi) is 13.8. The molecule has 0 rings (SSSR count). The lowest BCUT2D eigenvalue weighted by atomic mass is 10.7. The number of ether oxygens (including phenoxy) is 3. The van der Waals surface area contributed by atoms with Gasteiger partial charge < -0.3 is 14.2 Å². The molecule has 5 heteroatoms. The van der Waals surface area contributed by atoms with Crippen LogP contribution in [0.1, 0.15) is 0 Å². The van der Waals surface area contributed by atoms with Gasteiger partial charge in [0.05, 0.1) is 39.6 Å². The minimum Gasteiger partial charge on any atom is -0.378 e. The summed E-state index contributed by atoms with van der Waals surface area (Å²) in [5.41, 5.74) is 0. The van der Waals surface area contributed by atoms with Gasteiger partial charge in [-0.1, -0.05) is 22.6 Å². The first-order valence-electron chi connectivity index (χ1n) is 4.27. The Morgan fingerprint density at radius 2 is 1.23 bits per heavy atom. The van der Waals surface area contributed by atoms with E-state index in [1.54, 1.807) is 0 Å². The lowest BCUT2D eigenvalue weighted by Crippen LogP contribution is -2.10. The van der Waals surface area contributed by atoms with Gasteiger partial charge in [0.2, 0.25) is 0 Å². The quantitative estimate of drug-likeness (QED) is 0.348. The highest BCUT2D eigenvalue weighted by atomic mass is 127. The van der Waals surface area contributed by atoms with Crippen molar-refractivity contribution in [2.24, 2.45) is 0 Å². The van der Waals surface area contributed by atoms with E-state index >= 15 is 0 Å². The predicted molar refractivity (Wildman–Crippen MR) is 62.1 cm³/mol. The molecule has 80 valence electrons. The second kappa shape index (κ2) is 12.9. The van der Waals surface area contributed by atoms with Gasteiger partial charge >= 0.3 is 0 Å². The second-order valence-corrected chi connectivity index (χ2v) is 3.67. The van der Waals surface area contributed by atoms with Crippen LogP contribution >= 0.6 is 34.2 Å². The second-order valence-electron chi connectivity index (χ2n) is 2.22. The molecule has 0 fully saturated rings. The molecule has 0 aromatic heterocycles. The highest BCUT2D eigenvalue weighted by Gasteiger charge is 1.89. The van der Waals surface area contributed by atoms with Gasteiger partial charge in [-0.05, 0) is 0 Å². The molecule has 3 nitrogen and oxygen atoms in total. The van der Waals surface area contributed by atoms with Gasteiger partial charge in [-0.25, -0.2) is 0 Å². The van der Waals surface area contributed by atoms with Crippen LogP contribution in [0.3, 0.4) is 0 Å². The molecule has 0 saturated heterocycles. The smallest absolute Gasteiger partial charge is 0.0701 e. The minimum atomic E-state index is 0.540. The summed E-state index contributed by atoms with van der Waals surface area (Å²) in [4.78, 5) is 0. The maximum atomic E-state index is 5.41. The third-order valence-electron chi connectivity index (χ3n) is 1.19. The molecule has 0 bridgehead atoms. The molecule has 0 heterocycles. The number of rotatable bonds is 10. The molecule has 0 atom stereocenters. The van der Waals surface area contributed by atoms with Gasteiger partial charge in [0.25, 0.3) is 0 Å². The predicted octanol–water partition coefficient (Wildman–Crippen LogP) is 1.71. The van der Waals surface area contributed by atoms with Gasteiger partial charge in [-0.3, -0.25) is 0 Å². The first-order valence-corrected chi connectivity index (χ1v) is 6.33. The standard InChI is InChI=1S/C8H16ClIO3/c9-1-3-11-5-7-13-8-6-12-4-2-10/h1-8H2. The van der Waals surface area contributed by atoms with Crippen molar-refractivity contribution in [2.75, 3.05) is 49.9 Å². The Morgan fingerprint density at radius 3 is 1.69 bits per heavy atom. The van der Waals surface area contributed by atoms with Gasteiger partial charge in [-0.2, -0.15) is 0 Å². The Morgan fingerprint density at radius 1 is 0.769 bits per heavy atom. The van der Waals surface area contributed by atoms with Crippen molar-refractivity contribution in [1.29, 1.82) is 0 Å². The van der Waals surface area contributed by atoms with Gasteiger partial charge in [0.1, 0.15) is 0 Å². The lowest BCUT2D eigenvalue weighted by molar-refractivity contribution is 0.0206. The minimum absolute atomic E-state index is 0.540. The Labute approximate surface area is 98.2 Å². The third kappa shape index (κ3) is 12.9. The molecule has 0 aliphatic heterocycles. The van der Waals surface area contributed by atoms with E-state index in [1.807, 2.05) is 0 Å². The van der Waals surface area contributed by atoms with Crippen LogP contribution in [0.25, 0.3) is 0 Å². The number of hydrogen-bond acceptors (Lipinski definition) is 3. The summed E-state index contributed by atoms with van der Waals surface area (Å²) >= 11 is 7.68. The third-order valence-corrected chi connectivity index (χ3v) is 1.78. The number of hydrogen-bond donors (Lipinski definition) is 0. The first-order chi connectivity index (χ1) is 6.41. The first kappa shape index (κ1) is 13.9. The monoisotopic (exact) mass is 322 g/mol. The number of alkyl halides is 2. The van der Waals surface area contributed by atoms with Crippen LogP contribution in [0, 0.1) is 0 Å². The van der Waals surface area contributed by atoms with Crippen LogP contribution in [0.4, 0.5) is 0 Å². The summed E-state index contributed by atoms with van der Waals surface area (Å²) in [7, 11) is 0. The molecule has 0 N–H and O–H groups in total. The maximum absolute atomic E-state index is 5.41. The maximum Gasteiger partial charge on any atom is 0.0701 e. The Hall–Kier alpha value is 0.900. The van der Waals surface area contributed by atoms with E-state index in [9.17, 15) is 0 Å². The summed E-state index contributed by atoms with van der Waals surface area (Å²) in [6.07, 6.45) is 0. The fourth-order valence-electron chi connectivity index (χ4n) is 0.651. The molecule has 0 saturated carbocycles. The van der Waals surface area contributed by atoms with Crippen LogP contribution in [-0.4, -0.2) is 49.9 Å². The van der Waals surface area contributed by atoms with Crippen LogP contribution in [0.2, 0.25) is 0 Å². The van der Waals surface area contributed by atoms with E-state index in [0.29, 0.717) is 38.9 Å². The van der Waals surface area contributed by atoms with Gasteiger partial charge in [0, 0.05) is 10.3 Å². The lowest BCUT2D eigenvalue weighted by Gasteiger charge is -2.04. The van der Waals surface area contributed by atoms with Gasteiger partial charge in [-0.15, -0.1) is 11.6 Å². The summed E-state index contributed by atoms with van der Waals surface area (Å²) < 4.78 is 16.6. The van der Waals surface area contributed by atoms with E-state index in [0.717, 1.165) is 11.0 Å². The van der Waals surface area contributed by atoms with Crippen molar-refractivity contribution < 1.29 is 14.2 Å². The average Bonchev–Trinajstić information content (AvgIpc) is 2.16. The summed E-state index contributed by atoms with van der Waals surface area (Å²) in [6.45, 7) is 3.92. The molecule has 0 aliphatic carbocycles. The van der Waals surface area contributed by atoms with E-state index in [4.69, 9.17) is 25.8 Å². The summed E-state index contributed by atoms with van der Waals surface area (Å²) in [5.74, 6) is 0.540. The van der Waals surface area contributed by atoms with Crippen LogP contribution in [-0.2, 0) is 14.2 Å². The van der Waals surface area contributed by atoms with Gasteiger partial charge in [0.15, 0.2) is 0 Å². The molecule has 13 heavy (non-hydrogen) atoms. The van der Waals surface area contributed by atoms with Crippen molar-refractivity contribution in [1.82, 2.24) is 0 Å². The summed E-state index contributed by atoms with van der Waals surface area (Å²) in [6, 6.07) is 0. The van der Waals surface area contributed by atoms with Crippen molar-refractivity contribution >= 4 is 34.2 Å². The fourth-order valence-corrected chi connectivity index (χ4v) is 1.07. The van der Waals surface area contributed by atoms with Crippen molar-refractivity contribution in [3.63, 3.8) is 0 Å². The highest BCUT2D eigenvalue weighted by molar-refractivity contribution is 14.1. The van der Waals surface area contributed by atoms with Crippen molar-refractivity contribution in [2.45, 2.75) is 0 Å². The average molecular weight is 323 g/mol. The zero-order valence-electron chi connectivity index (χ0n) is 7.64. The molecule has 0 aliphatic rings. The van der Waals surface area contributed by atoms with E-state index in [2.05, 4.69) is 22.6 Å². The zero-order chi connectivity index (χ0) is 9.78. The van der Waals surface area contributed by atoms with E-state index in [-0.39, 0.29) is 0 Å². The van der Waals surface area contributed by atoms with E-state index in [1.165, 1.54) is 0 Å². The Balaban J connectivity index is 2.76. The molecular weight excluding hydrogens is 306 g/mol. The molecule has 0 radical (unpaired) electrons. The SMILES string of the molecule is ClCCOCCOCCOCCI. The van der Waals surface area contributed by atoms with E-state index < -0.39 is 0 Å². The van der Waals surface area contributed by atoms with Crippen molar-refractivity contribution in [3.05, 3.63) is 0 Å². The molecule has 0 amide bonds. The highest BCUT2D eigenvalue weighted by Crippen LogP contribution is 1.84. The summed E-state index contributed by atoms with van der Waals surface area (Å²) in [5, 5.41) is 0. The zero-order valence-corrected chi connectivity index (χ0v) is 10.6. The molecular formula is C8H16ClIO3. The van der Waals surface area contributed by atoms with Crippen LogP contribution < -0.4 is 0 Å². The number of halogens is 2. The Bertz CT molecular complexity index is 85.5. The molecule has 0 aromatic carbocycles. The molecule has 0 spiro atoms.